The first-order valence-electron chi connectivity index (χ1n) is 5.86. The second-order valence-corrected chi connectivity index (χ2v) is 2.87. The molecule has 0 spiro atoms. The first-order chi connectivity index (χ1) is 8.50. The highest BCUT2D eigenvalue weighted by Gasteiger charge is 2.34. The zero-order chi connectivity index (χ0) is 14.3. The molecule has 6 heteroatoms. The van der Waals surface area contributed by atoms with Crippen LogP contribution in [0.2, 0.25) is 0 Å². The van der Waals surface area contributed by atoms with Crippen LogP contribution >= 0.6 is 0 Å². The van der Waals surface area contributed by atoms with Crippen molar-refractivity contribution in [1.82, 2.24) is 14.6 Å². The fourth-order valence-corrected chi connectivity index (χ4v) is 1.34. The van der Waals surface area contributed by atoms with E-state index in [-0.39, 0.29) is 5.52 Å². The Kier molecular flexibility index (Phi) is 6.36. The molecule has 2 aromatic heterocycles. The van der Waals surface area contributed by atoms with Crippen molar-refractivity contribution < 1.29 is 13.2 Å². The fourth-order valence-electron chi connectivity index (χ4n) is 1.34. The van der Waals surface area contributed by atoms with Gasteiger partial charge in [0.15, 0.2) is 0 Å². The molecular formula is C12H18F3N3. The van der Waals surface area contributed by atoms with Crippen LogP contribution in [0.1, 0.15) is 39.0 Å². The molecule has 0 atom stereocenters. The molecule has 0 unspecified atom stereocenters. The van der Waals surface area contributed by atoms with Crippen molar-refractivity contribution in [3.63, 3.8) is 0 Å². The van der Waals surface area contributed by atoms with Crippen LogP contribution in [-0.4, -0.2) is 14.6 Å². The lowest BCUT2D eigenvalue weighted by molar-refractivity contribution is -0.136. The predicted octanol–water partition coefficient (Wildman–Crippen LogP) is 4.11. The van der Waals surface area contributed by atoms with Crippen LogP contribution in [0.25, 0.3) is 5.52 Å². The van der Waals surface area contributed by atoms with Gasteiger partial charge in [-0.15, -0.1) is 0 Å². The van der Waals surface area contributed by atoms with Crippen molar-refractivity contribution in [3.8, 4) is 0 Å². The number of aromatic nitrogens is 3. The topological polar surface area (TPSA) is 30.2 Å². The predicted molar refractivity (Wildman–Crippen MR) is 65.4 cm³/mol. The monoisotopic (exact) mass is 261 g/mol. The van der Waals surface area contributed by atoms with Gasteiger partial charge in [-0.1, -0.05) is 27.7 Å². The van der Waals surface area contributed by atoms with Crippen LogP contribution in [0.3, 0.4) is 0 Å². The van der Waals surface area contributed by atoms with Gasteiger partial charge in [0.25, 0.3) is 0 Å². The first-order valence-corrected chi connectivity index (χ1v) is 5.86. The third-order valence-corrected chi connectivity index (χ3v) is 1.94. The van der Waals surface area contributed by atoms with Gasteiger partial charge >= 0.3 is 6.18 Å². The average Bonchev–Trinajstić information content (AvgIpc) is 2.79. The molecule has 0 amide bonds. The van der Waals surface area contributed by atoms with Crippen LogP contribution in [0.15, 0.2) is 18.6 Å². The van der Waals surface area contributed by atoms with Crippen LogP contribution in [0.5, 0.6) is 0 Å². The summed E-state index contributed by atoms with van der Waals surface area (Å²) in [5.74, 6) is 0. The zero-order valence-corrected chi connectivity index (χ0v) is 11.2. The van der Waals surface area contributed by atoms with Crippen LogP contribution < -0.4 is 0 Å². The number of fused-ring (bicyclic) bond motifs is 1. The lowest BCUT2D eigenvalue weighted by Gasteiger charge is -2.05. The van der Waals surface area contributed by atoms with E-state index in [4.69, 9.17) is 0 Å². The molecule has 0 aliphatic carbocycles. The average molecular weight is 261 g/mol. The smallest absolute Gasteiger partial charge is 0.238 e. The van der Waals surface area contributed by atoms with Crippen molar-refractivity contribution in [1.29, 1.82) is 0 Å². The van der Waals surface area contributed by atoms with Gasteiger partial charge in [0.05, 0.1) is 16.8 Å². The molecule has 18 heavy (non-hydrogen) atoms. The first kappa shape index (κ1) is 16.4. The van der Waals surface area contributed by atoms with E-state index in [1.165, 1.54) is 24.0 Å². The van der Waals surface area contributed by atoms with Gasteiger partial charge in [-0.2, -0.15) is 18.3 Å². The maximum Gasteiger partial charge on any atom is 0.418 e. The summed E-state index contributed by atoms with van der Waals surface area (Å²) in [6.45, 7) is 9.52. The van der Waals surface area contributed by atoms with E-state index in [1.807, 2.05) is 27.7 Å². The minimum absolute atomic E-state index is 0.0139. The molecule has 0 aliphatic heterocycles. The van der Waals surface area contributed by atoms with Gasteiger partial charge in [-0.05, 0) is 13.0 Å². The Balaban J connectivity index is 0.000000659. The largest absolute Gasteiger partial charge is 0.418 e. The summed E-state index contributed by atoms with van der Waals surface area (Å²) in [5.41, 5.74) is -0.368. The molecule has 0 bridgehead atoms. The molecule has 2 aromatic rings. The third-order valence-electron chi connectivity index (χ3n) is 1.94. The Labute approximate surface area is 105 Å². The van der Waals surface area contributed by atoms with E-state index in [1.54, 1.807) is 0 Å². The molecule has 0 fully saturated rings. The summed E-state index contributed by atoms with van der Waals surface area (Å²) < 4.78 is 38.6. The van der Waals surface area contributed by atoms with Crippen molar-refractivity contribution >= 4 is 5.52 Å². The Bertz CT molecular complexity index is 475. The maximum absolute atomic E-state index is 12.5. The van der Waals surface area contributed by atoms with Crippen molar-refractivity contribution in [2.45, 2.75) is 40.8 Å². The lowest BCUT2D eigenvalue weighted by atomic mass is 10.2. The zero-order valence-electron chi connectivity index (χ0n) is 11.2. The van der Waals surface area contributed by atoms with Crippen LogP contribution in [0, 0.1) is 6.92 Å². The molecule has 0 aromatic carbocycles. The van der Waals surface area contributed by atoms with Crippen LogP contribution in [-0.2, 0) is 6.18 Å². The summed E-state index contributed by atoms with van der Waals surface area (Å²) in [6.07, 6.45) is -1.86. The Morgan fingerprint density at radius 3 is 2.17 bits per heavy atom. The number of hydrogen-bond donors (Lipinski definition) is 0. The molecule has 0 saturated heterocycles. The molecule has 2 heterocycles. The van der Waals surface area contributed by atoms with Crippen molar-refractivity contribution in [2.75, 3.05) is 0 Å². The van der Waals surface area contributed by atoms with Gasteiger partial charge in [0.1, 0.15) is 6.33 Å². The van der Waals surface area contributed by atoms with Gasteiger partial charge in [0, 0.05) is 6.20 Å². The molecular weight excluding hydrogens is 243 g/mol. The van der Waals surface area contributed by atoms with Gasteiger partial charge in [0.2, 0.25) is 0 Å². The molecule has 3 nitrogen and oxygen atoms in total. The molecule has 2 rings (SSSR count). The van der Waals surface area contributed by atoms with E-state index in [2.05, 4.69) is 10.1 Å². The fraction of sp³-hybridized carbons (Fsp3) is 0.500. The highest BCUT2D eigenvalue weighted by molar-refractivity contribution is 5.59. The second-order valence-electron chi connectivity index (χ2n) is 2.87. The molecule has 102 valence electrons. The van der Waals surface area contributed by atoms with Crippen molar-refractivity contribution in [2.24, 2.45) is 0 Å². The SMILES string of the molecule is CC.CC.Cc1ncnn2ccc(C(F)(F)F)c12. The Morgan fingerprint density at radius 2 is 1.67 bits per heavy atom. The van der Waals surface area contributed by atoms with Crippen molar-refractivity contribution in [3.05, 3.63) is 29.8 Å². The third kappa shape index (κ3) is 3.45. The Hall–Kier alpha value is -1.59. The normalized spacial score (nSPS) is 10.2. The highest BCUT2D eigenvalue weighted by Crippen LogP contribution is 2.33. The van der Waals surface area contributed by atoms with E-state index in [9.17, 15) is 13.2 Å². The number of rotatable bonds is 0. The summed E-state index contributed by atoms with van der Waals surface area (Å²) in [4.78, 5) is 3.72. The number of hydrogen-bond acceptors (Lipinski definition) is 2. The molecule has 0 N–H and O–H groups in total. The van der Waals surface area contributed by atoms with Gasteiger partial charge < -0.3 is 0 Å². The maximum atomic E-state index is 12.5. The Morgan fingerprint density at radius 1 is 1.11 bits per heavy atom. The number of aryl methyl sites for hydroxylation is 1. The van der Waals surface area contributed by atoms with Gasteiger partial charge in [-0.25, -0.2) is 9.50 Å². The van der Waals surface area contributed by atoms with E-state index in [0.29, 0.717) is 5.69 Å². The second kappa shape index (κ2) is 6.98. The number of halogens is 3. The molecule has 0 aliphatic rings. The summed E-state index contributed by atoms with van der Waals surface area (Å²) in [7, 11) is 0. The minimum Gasteiger partial charge on any atom is -0.238 e. The lowest BCUT2D eigenvalue weighted by Crippen LogP contribution is -2.06. The summed E-state index contributed by atoms with van der Waals surface area (Å²) >= 11 is 0. The van der Waals surface area contributed by atoms with E-state index >= 15 is 0 Å². The molecule has 0 radical (unpaired) electrons. The summed E-state index contributed by atoms with van der Waals surface area (Å²) in [6, 6.07) is 0.997. The van der Waals surface area contributed by atoms with Crippen LogP contribution in [0.4, 0.5) is 13.2 Å². The van der Waals surface area contributed by atoms with E-state index in [0.717, 1.165) is 6.07 Å². The minimum atomic E-state index is -4.36. The van der Waals surface area contributed by atoms with Gasteiger partial charge in [-0.3, -0.25) is 0 Å². The molecule has 0 saturated carbocycles. The standard InChI is InChI=1S/C8H6F3N3.2C2H6/c1-5-7-6(8(9,10)11)2-3-14(7)13-4-12-5;2*1-2/h2-4H,1H3;2*1-2H3. The quantitative estimate of drug-likeness (QED) is 0.714. The van der Waals surface area contributed by atoms with E-state index < -0.39 is 11.7 Å². The number of nitrogens with zero attached hydrogens (tertiary/aromatic N) is 3. The summed E-state index contributed by atoms with van der Waals surface area (Å²) in [5, 5.41) is 3.68. The highest BCUT2D eigenvalue weighted by atomic mass is 19.4. The number of alkyl halides is 3.